The highest BCUT2D eigenvalue weighted by atomic mass is 16.5. The van der Waals surface area contributed by atoms with Crippen LogP contribution < -0.4 is 10.1 Å². The Morgan fingerprint density at radius 1 is 1.00 bits per heavy atom. The van der Waals surface area contributed by atoms with Gasteiger partial charge < -0.3 is 10.1 Å². The zero-order valence-electron chi connectivity index (χ0n) is 12.5. The van der Waals surface area contributed by atoms with Crippen LogP contribution >= 0.6 is 0 Å². The average Bonchev–Trinajstić information content (AvgIpc) is 2.46. The van der Waals surface area contributed by atoms with Crippen LogP contribution in [0, 0.1) is 0 Å². The molecule has 1 atom stereocenters. The van der Waals surface area contributed by atoms with Gasteiger partial charge in [0.15, 0.2) is 6.23 Å². The maximum atomic E-state index is 12.1. The van der Waals surface area contributed by atoms with E-state index in [2.05, 4.69) is 38.2 Å². The summed E-state index contributed by atoms with van der Waals surface area (Å²) in [6.07, 6.45) is -0.429. The molecule has 1 unspecified atom stereocenters. The van der Waals surface area contributed by atoms with Gasteiger partial charge in [0.05, 0.1) is 5.56 Å². The Balaban J connectivity index is 1.88. The standard InChI is InChI=1S/C18H19NO2/c1-18(2,3)13-10-8-12(9-11-13)17-19-16(20)14-6-4-5-7-15(14)21-17/h4-11,17H,1-3H3,(H,19,20). The number of ether oxygens (including phenoxy) is 1. The van der Waals surface area contributed by atoms with E-state index in [1.54, 1.807) is 6.07 Å². The van der Waals surface area contributed by atoms with Gasteiger partial charge in [0, 0.05) is 5.56 Å². The van der Waals surface area contributed by atoms with Crippen LogP contribution in [0.1, 0.15) is 48.5 Å². The molecule has 1 heterocycles. The molecule has 1 aliphatic rings. The molecule has 0 saturated carbocycles. The molecule has 1 amide bonds. The maximum absolute atomic E-state index is 12.1. The van der Waals surface area contributed by atoms with E-state index >= 15 is 0 Å². The fourth-order valence-electron chi connectivity index (χ4n) is 2.42. The average molecular weight is 281 g/mol. The zero-order chi connectivity index (χ0) is 15.0. The van der Waals surface area contributed by atoms with Crippen LogP contribution in [0.2, 0.25) is 0 Å². The minimum Gasteiger partial charge on any atom is -0.466 e. The van der Waals surface area contributed by atoms with E-state index in [-0.39, 0.29) is 11.3 Å². The number of benzene rings is 2. The Hall–Kier alpha value is -2.29. The summed E-state index contributed by atoms with van der Waals surface area (Å²) < 4.78 is 5.88. The van der Waals surface area contributed by atoms with Gasteiger partial charge in [-0.1, -0.05) is 57.2 Å². The van der Waals surface area contributed by atoms with Gasteiger partial charge >= 0.3 is 0 Å². The number of nitrogens with one attached hydrogen (secondary N) is 1. The van der Waals surface area contributed by atoms with Crippen LogP contribution in [-0.4, -0.2) is 5.91 Å². The third-order valence-corrected chi connectivity index (χ3v) is 3.72. The van der Waals surface area contributed by atoms with Crippen LogP contribution in [0.15, 0.2) is 48.5 Å². The number of carbonyl (C=O) groups excluding carboxylic acids is 1. The van der Waals surface area contributed by atoms with Crippen molar-refractivity contribution in [2.75, 3.05) is 0 Å². The Morgan fingerprint density at radius 3 is 2.33 bits per heavy atom. The molecule has 0 saturated heterocycles. The normalized spacial score (nSPS) is 17.7. The number of hydrogen-bond acceptors (Lipinski definition) is 2. The fourth-order valence-corrected chi connectivity index (χ4v) is 2.42. The predicted octanol–water partition coefficient (Wildman–Crippen LogP) is 3.81. The van der Waals surface area contributed by atoms with Crippen LogP contribution in [0.4, 0.5) is 0 Å². The van der Waals surface area contributed by atoms with Crippen molar-refractivity contribution in [2.45, 2.75) is 32.4 Å². The number of rotatable bonds is 1. The number of amides is 1. The Morgan fingerprint density at radius 2 is 1.67 bits per heavy atom. The first-order valence-electron chi connectivity index (χ1n) is 7.12. The monoisotopic (exact) mass is 281 g/mol. The minimum atomic E-state index is -0.429. The number of carbonyl (C=O) groups is 1. The van der Waals surface area contributed by atoms with Gasteiger partial charge in [-0.05, 0) is 23.1 Å². The van der Waals surface area contributed by atoms with Gasteiger partial charge in [0.1, 0.15) is 5.75 Å². The van der Waals surface area contributed by atoms with Crippen molar-refractivity contribution in [3.05, 3.63) is 65.2 Å². The molecule has 0 aliphatic carbocycles. The molecular weight excluding hydrogens is 262 g/mol. The summed E-state index contributed by atoms with van der Waals surface area (Å²) in [6, 6.07) is 15.5. The van der Waals surface area contributed by atoms with Crippen molar-refractivity contribution in [3.8, 4) is 5.75 Å². The highest BCUT2D eigenvalue weighted by Gasteiger charge is 2.26. The van der Waals surface area contributed by atoms with Crippen LogP contribution in [0.25, 0.3) is 0 Å². The van der Waals surface area contributed by atoms with Crippen molar-refractivity contribution < 1.29 is 9.53 Å². The van der Waals surface area contributed by atoms with Crippen molar-refractivity contribution in [3.63, 3.8) is 0 Å². The third-order valence-electron chi connectivity index (χ3n) is 3.72. The largest absolute Gasteiger partial charge is 0.466 e. The Bertz CT molecular complexity index is 668. The predicted molar refractivity (Wildman–Crippen MR) is 82.4 cm³/mol. The van der Waals surface area contributed by atoms with E-state index in [0.717, 1.165) is 5.56 Å². The molecule has 108 valence electrons. The first-order chi connectivity index (χ1) is 9.95. The summed E-state index contributed by atoms with van der Waals surface area (Å²) in [4.78, 5) is 12.1. The molecule has 3 heteroatoms. The van der Waals surface area contributed by atoms with Crippen LogP contribution in [0.3, 0.4) is 0 Å². The van der Waals surface area contributed by atoms with E-state index in [0.29, 0.717) is 11.3 Å². The third kappa shape index (κ3) is 2.64. The minimum absolute atomic E-state index is 0.0956. The molecular formula is C18H19NO2. The van der Waals surface area contributed by atoms with Crippen molar-refractivity contribution in [1.82, 2.24) is 5.32 Å². The van der Waals surface area contributed by atoms with Crippen molar-refractivity contribution in [1.29, 1.82) is 0 Å². The van der Waals surface area contributed by atoms with Gasteiger partial charge in [-0.2, -0.15) is 0 Å². The van der Waals surface area contributed by atoms with Crippen molar-refractivity contribution in [2.24, 2.45) is 0 Å². The Labute approximate surface area is 124 Å². The molecule has 0 bridgehead atoms. The van der Waals surface area contributed by atoms with E-state index < -0.39 is 6.23 Å². The lowest BCUT2D eigenvalue weighted by atomic mass is 9.86. The van der Waals surface area contributed by atoms with E-state index in [1.807, 2.05) is 30.3 Å². The van der Waals surface area contributed by atoms with Crippen LogP contribution in [-0.2, 0) is 5.41 Å². The topological polar surface area (TPSA) is 38.3 Å². The second-order valence-corrected chi connectivity index (χ2v) is 6.34. The lowest BCUT2D eigenvalue weighted by molar-refractivity contribution is 0.0756. The second kappa shape index (κ2) is 4.92. The summed E-state index contributed by atoms with van der Waals surface area (Å²) in [7, 11) is 0. The molecule has 0 fully saturated rings. The van der Waals surface area contributed by atoms with E-state index in [4.69, 9.17) is 4.74 Å². The molecule has 0 spiro atoms. The second-order valence-electron chi connectivity index (χ2n) is 6.34. The molecule has 21 heavy (non-hydrogen) atoms. The van der Waals surface area contributed by atoms with Gasteiger partial charge in [-0.15, -0.1) is 0 Å². The van der Waals surface area contributed by atoms with Gasteiger partial charge in [0.25, 0.3) is 5.91 Å². The molecule has 3 rings (SSSR count). The first-order valence-corrected chi connectivity index (χ1v) is 7.12. The summed E-state index contributed by atoms with van der Waals surface area (Å²) in [6.45, 7) is 6.53. The Kier molecular flexibility index (Phi) is 3.20. The maximum Gasteiger partial charge on any atom is 0.258 e. The van der Waals surface area contributed by atoms with Crippen LogP contribution in [0.5, 0.6) is 5.75 Å². The molecule has 1 aliphatic heterocycles. The highest BCUT2D eigenvalue weighted by Crippen LogP contribution is 2.30. The summed E-state index contributed by atoms with van der Waals surface area (Å²) in [5, 5.41) is 2.89. The fraction of sp³-hybridized carbons (Fsp3) is 0.278. The SMILES string of the molecule is CC(C)(C)c1ccc(C2NC(=O)c3ccccc3O2)cc1. The molecule has 2 aromatic carbocycles. The lowest BCUT2D eigenvalue weighted by Crippen LogP contribution is -2.36. The number of para-hydroxylation sites is 1. The number of hydrogen-bond donors (Lipinski definition) is 1. The summed E-state index contributed by atoms with van der Waals surface area (Å²) in [5.74, 6) is 0.535. The lowest BCUT2D eigenvalue weighted by Gasteiger charge is -2.27. The quantitative estimate of drug-likeness (QED) is 0.863. The number of fused-ring (bicyclic) bond motifs is 1. The van der Waals surface area contributed by atoms with Gasteiger partial charge in [-0.25, -0.2) is 0 Å². The van der Waals surface area contributed by atoms with E-state index in [1.165, 1.54) is 5.56 Å². The highest BCUT2D eigenvalue weighted by molar-refractivity contribution is 5.97. The zero-order valence-corrected chi connectivity index (χ0v) is 12.5. The first kappa shape index (κ1) is 13.7. The molecule has 0 radical (unpaired) electrons. The van der Waals surface area contributed by atoms with Crippen molar-refractivity contribution >= 4 is 5.91 Å². The molecule has 2 aromatic rings. The smallest absolute Gasteiger partial charge is 0.258 e. The summed E-state index contributed by atoms with van der Waals surface area (Å²) >= 11 is 0. The van der Waals surface area contributed by atoms with E-state index in [9.17, 15) is 4.79 Å². The molecule has 1 N–H and O–H groups in total. The summed E-state index contributed by atoms with van der Waals surface area (Å²) in [5.41, 5.74) is 2.90. The van der Waals surface area contributed by atoms with Gasteiger partial charge in [0.2, 0.25) is 0 Å². The molecule has 0 aromatic heterocycles. The van der Waals surface area contributed by atoms with Gasteiger partial charge in [-0.3, -0.25) is 4.79 Å². The molecule has 3 nitrogen and oxygen atoms in total.